The van der Waals surface area contributed by atoms with Crippen molar-refractivity contribution in [1.82, 2.24) is 5.32 Å². The van der Waals surface area contributed by atoms with Crippen molar-refractivity contribution in [2.45, 2.75) is 70.6 Å². The van der Waals surface area contributed by atoms with E-state index in [4.69, 9.17) is 11.6 Å². The van der Waals surface area contributed by atoms with Gasteiger partial charge in [0.05, 0.1) is 5.41 Å². The Bertz CT molecular complexity index is 380. The fraction of sp³-hybridized carbons (Fsp3) is 0.941. The summed E-state index contributed by atoms with van der Waals surface area (Å²) in [5, 5.41) is 3.40. The predicted molar refractivity (Wildman–Crippen MR) is 82.8 cm³/mol. The Balaban J connectivity index is 1.62. The van der Waals surface area contributed by atoms with Gasteiger partial charge in [0, 0.05) is 11.9 Å². The summed E-state index contributed by atoms with van der Waals surface area (Å²) in [5.74, 6) is 1.95. The zero-order valence-corrected chi connectivity index (χ0v) is 13.6. The van der Waals surface area contributed by atoms with Crippen molar-refractivity contribution in [3.8, 4) is 0 Å². The number of carbonyl (C=O) groups excluding carboxylic acids is 1. The van der Waals surface area contributed by atoms with Gasteiger partial charge in [0.15, 0.2) is 0 Å². The van der Waals surface area contributed by atoms with Crippen LogP contribution in [0, 0.1) is 22.7 Å². The number of amides is 1. The molecule has 2 nitrogen and oxygen atoms in total. The molecule has 1 N–H and O–H groups in total. The first-order chi connectivity index (χ1) is 9.45. The van der Waals surface area contributed by atoms with Crippen molar-refractivity contribution < 1.29 is 4.79 Å². The quantitative estimate of drug-likeness (QED) is 0.760. The molecule has 4 aliphatic carbocycles. The minimum absolute atomic E-state index is 0.0349. The molecular weight excluding hydrogens is 270 g/mol. The molecule has 3 heteroatoms. The van der Waals surface area contributed by atoms with Crippen molar-refractivity contribution in [1.29, 1.82) is 0 Å². The van der Waals surface area contributed by atoms with Gasteiger partial charge >= 0.3 is 0 Å². The molecule has 4 aliphatic rings. The maximum Gasteiger partial charge on any atom is 0.226 e. The minimum atomic E-state index is -0.0349. The molecule has 20 heavy (non-hydrogen) atoms. The van der Waals surface area contributed by atoms with E-state index in [0.29, 0.717) is 11.3 Å². The summed E-state index contributed by atoms with van der Waals surface area (Å²) >= 11 is 6.14. The lowest BCUT2D eigenvalue weighted by atomic mass is 9.44. The lowest BCUT2D eigenvalue weighted by molar-refractivity contribution is -0.155. The summed E-state index contributed by atoms with van der Waals surface area (Å²) < 4.78 is 0. The normalized spacial score (nSPS) is 43.5. The van der Waals surface area contributed by atoms with Crippen LogP contribution in [-0.4, -0.2) is 17.8 Å². The standard InChI is InChI=1S/C17H28ClNO/c1-3-14(18)4-5-19-15(20)17-9-12-6-13(10-17)8-16(2,7-12)11-17/h12-14H,3-11H2,1-2H3,(H,19,20). The largest absolute Gasteiger partial charge is 0.356 e. The van der Waals surface area contributed by atoms with E-state index in [1.165, 1.54) is 19.3 Å². The van der Waals surface area contributed by atoms with E-state index in [1.807, 2.05) is 0 Å². The second kappa shape index (κ2) is 5.19. The number of hydrogen-bond donors (Lipinski definition) is 1. The molecule has 114 valence electrons. The molecule has 0 heterocycles. The number of rotatable bonds is 5. The van der Waals surface area contributed by atoms with Gasteiger partial charge in [-0.3, -0.25) is 4.79 Å². The molecule has 3 unspecified atom stereocenters. The Morgan fingerprint density at radius 2 is 1.95 bits per heavy atom. The summed E-state index contributed by atoms with van der Waals surface area (Å²) in [5.41, 5.74) is 0.409. The fourth-order valence-corrected chi connectivity index (χ4v) is 5.83. The maximum atomic E-state index is 12.8. The molecule has 0 aromatic rings. The van der Waals surface area contributed by atoms with Gasteiger partial charge in [0.25, 0.3) is 0 Å². The van der Waals surface area contributed by atoms with E-state index in [-0.39, 0.29) is 10.8 Å². The first kappa shape index (κ1) is 14.7. The summed E-state index contributed by atoms with van der Waals surface area (Å²) in [6.45, 7) is 5.26. The smallest absolute Gasteiger partial charge is 0.226 e. The Morgan fingerprint density at radius 3 is 2.50 bits per heavy atom. The highest BCUT2D eigenvalue weighted by molar-refractivity contribution is 6.20. The third-order valence-corrected chi connectivity index (χ3v) is 6.55. The predicted octanol–water partition coefficient (Wildman–Crippen LogP) is 4.12. The van der Waals surface area contributed by atoms with Crippen LogP contribution in [0.15, 0.2) is 0 Å². The van der Waals surface area contributed by atoms with E-state index >= 15 is 0 Å². The molecule has 0 aromatic carbocycles. The molecule has 4 saturated carbocycles. The van der Waals surface area contributed by atoms with Gasteiger partial charge in [-0.2, -0.15) is 0 Å². The van der Waals surface area contributed by atoms with Crippen LogP contribution in [0.1, 0.15) is 65.2 Å². The highest BCUT2D eigenvalue weighted by Crippen LogP contribution is 2.65. The van der Waals surface area contributed by atoms with E-state index in [9.17, 15) is 4.79 Å². The SMILES string of the molecule is CCC(Cl)CCNC(=O)C12CC3CC(CC(C)(C3)C1)C2. The molecule has 4 bridgehead atoms. The van der Waals surface area contributed by atoms with Crippen molar-refractivity contribution in [3.63, 3.8) is 0 Å². The number of hydrogen-bond acceptors (Lipinski definition) is 1. The van der Waals surface area contributed by atoms with Crippen LogP contribution in [0.5, 0.6) is 0 Å². The van der Waals surface area contributed by atoms with Crippen LogP contribution < -0.4 is 5.32 Å². The zero-order valence-electron chi connectivity index (χ0n) is 12.9. The molecule has 4 fully saturated rings. The number of carbonyl (C=O) groups is 1. The van der Waals surface area contributed by atoms with Gasteiger partial charge in [-0.1, -0.05) is 13.8 Å². The maximum absolute atomic E-state index is 12.8. The van der Waals surface area contributed by atoms with Gasteiger partial charge < -0.3 is 5.32 Å². The van der Waals surface area contributed by atoms with E-state index < -0.39 is 0 Å². The van der Waals surface area contributed by atoms with Crippen LogP contribution >= 0.6 is 11.6 Å². The Labute approximate surface area is 128 Å². The molecule has 0 spiro atoms. The van der Waals surface area contributed by atoms with Gasteiger partial charge in [0.1, 0.15) is 0 Å². The lowest BCUT2D eigenvalue weighted by Gasteiger charge is -2.60. The molecule has 3 atom stereocenters. The minimum Gasteiger partial charge on any atom is -0.356 e. The molecule has 0 radical (unpaired) electrons. The van der Waals surface area contributed by atoms with Gasteiger partial charge in [-0.15, -0.1) is 11.6 Å². The molecular formula is C17H28ClNO. The highest BCUT2D eigenvalue weighted by atomic mass is 35.5. The summed E-state index contributed by atoms with van der Waals surface area (Å²) in [7, 11) is 0. The van der Waals surface area contributed by atoms with Crippen LogP contribution in [0.25, 0.3) is 0 Å². The summed E-state index contributed by atoms with van der Waals surface area (Å²) in [6.07, 6.45) is 9.37. The third-order valence-electron chi connectivity index (χ3n) is 6.02. The number of alkyl halides is 1. The van der Waals surface area contributed by atoms with Crippen LogP contribution in [0.3, 0.4) is 0 Å². The number of nitrogens with one attached hydrogen (secondary N) is 1. The first-order valence-electron chi connectivity index (χ1n) is 8.37. The number of halogens is 1. The lowest BCUT2D eigenvalue weighted by Crippen LogP contribution is -2.56. The molecule has 1 amide bonds. The van der Waals surface area contributed by atoms with Crippen LogP contribution in [0.4, 0.5) is 0 Å². The Kier molecular flexibility index (Phi) is 3.81. The van der Waals surface area contributed by atoms with Gasteiger partial charge in [-0.25, -0.2) is 0 Å². The van der Waals surface area contributed by atoms with Crippen LogP contribution in [-0.2, 0) is 4.79 Å². The van der Waals surface area contributed by atoms with E-state index in [2.05, 4.69) is 19.2 Å². The van der Waals surface area contributed by atoms with Crippen LogP contribution in [0.2, 0.25) is 0 Å². The topological polar surface area (TPSA) is 29.1 Å². The summed E-state index contributed by atoms with van der Waals surface area (Å²) in [4.78, 5) is 12.8. The average Bonchev–Trinajstić information content (AvgIpc) is 2.35. The van der Waals surface area contributed by atoms with E-state index in [1.54, 1.807) is 0 Å². The van der Waals surface area contributed by atoms with Crippen molar-refractivity contribution in [3.05, 3.63) is 0 Å². The molecule has 4 rings (SSSR count). The Morgan fingerprint density at radius 1 is 1.30 bits per heavy atom. The Hall–Kier alpha value is -0.240. The van der Waals surface area contributed by atoms with Gasteiger partial charge in [0.2, 0.25) is 5.91 Å². The van der Waals surface area contributed by atoms with E-state index in [0.717, 1.165) is 50.5 Å². The first-order valence-corrected chi connectivity index (χ1v) is 8.81. The van der Waals surface area contributed by atoms with Gasteiger partial charge in [-0.05, 0) is 68.6 Å². The zero-order chi connectivity index (χ0) is 14.4. The monoisotopic (exact) mass is 297 g/mol. The molecule has 0 saturated heterocycles. The summed E-state index contributed by atoms with van der Waals surface area (Å²) in [6, 6.07) is 0. The average molecular weight is 298 g/mol. The van der Waals surface area contributed by atoms with Crippen molar-refractivity contribution in [2.24, 2.45) is 22.7 Å². The fourth-order valence-electron chi connectivity index (χ4n) is 5.72. The highest BCUT2D eigenvalue weighted by Gasteiger charge is 2.58. The third kappa shape index (κ3) is 2.61. The second-order valence-electron chi connectivity index (χ2n) is 8.10. The van der Waals surface area contributed by atoms with Crippen molar-refractivity contribution in [2.75, 3.05) is 6.54 Å². The van der Waals surface area contributed by atoms with Crippen molar-refractivity contribution >= 4 is 17.5 Å². The molecule has 0 aliphatic heterocycles. The second-order valence-corrected chi connectivity index (χ2v) is 8.72. The molecule has 0 aromatic heterocycles.